The molecule has 5 amide bonds. The Morgan fingerprint density at radius 2 is 1.66 bits per heavy atom. The largest absolute Gasteiger partial charge is 0.345 e. The van der Waals surface area contributed by atoms with Crippen molar-refractivity contribution in [2.24, 2.45) is 5.92 Å². The van der Waals surface area contributed by atoms with E-state index in [2.05, 4.69) is 21.3 Å². The van der Waals surface area contributed by atoms with E-state index in [0.29, 0.717) is 25.8 Å². The van der Waals surface area contributed by atoms with Crippen LogP contribution in [0, 0.1) is 5.92 Å². The Labute approximate surface area is 205 Å². The summed E-state index contributed by atoms with van der Waals surface area (Å²) in [6.45, 7) is 5.41. The number of rotatable bonds is 4. The van der Waals surface area contributed by atoms with E-state index in [1.165, 1.54) is 11.8 Å². The highest BCUT2D eigenvalue weighted by atomic mass is 16.2. The van der Waals surface area contributed by atoms with Gasteiger partial charge in [-0.15, -0.1) is 0 Å². The van der Waals surface area contributed by atoms with Crippen LogP contribution in [-0.2, 0) is 30.4 Å². The molecule has 2 aliphatic rings. The molecule has 1 aromatic rings. The predicted molar refractivity (Wildman–Crippen MR) is 129 cm³/mol. The summed E-state index contributed by atoms with van der Waals surface area (Å²) in [5, 5.41) is 10.8. The van der Waals surface area contributed by atoms with Gasteiger partial charge in [-0.05, 0) is 31.2 Å². The van der Waals surface area contributed by atoms with Crippen LogP contribution in [0.1, 0.15) is 45.6 Å². The zero-order valence-electron chi connectivity index (χ0n) is 20.5. The predicted octanol–water partition coefficient (Wildman–Crippen LogP) is -0.130. The summed E-state index contributed by atoms with van der Waals surface area (Å²) >= 11 is 0. The van der Waals surface area contributed by atoms with Crippen molar-refractivity contribution in [3.05, 3.63) is 35.9 Å². The maximum atomic E-state index is 13.4. The second-order valence-corrected chi connectivity index (χ2v) is 9.32. The lowest BCUT2D eigenvalue weighted by molar-refractivity contribution is -0.140. The standard InChI is InChI=1S/C25H35N5O5/c1-4-15(2)21-25(35)28-18(13-17-9-6-5-7-10-17)23(33)27-16(3)22(32)26-14-20(31)30-12-8-11-19(30)24(34)29-21/h5-7,9-10,15-16,18-19,21H,4,8,11-14H2,1-3H3,(H,26,32)(H,27,33)(H,28,35)(H,29,34). The molecular formula is C25H35N5O5. The molecule has 2 aliphatic heterocycles. The normalized spacial score (nSPS) is 27.5. The third-order valence-corrected chi connectivity index (χ3v) is 6.75. The van der Waals surface area contributed by atoms with Crippen molar-refractivity contribution in [3.8, 4) is 0 Å². The first kappa shape index (κ1) is 26.2. The SMILES string of the molecule is CCC(C)C1NC(=O)C2CCCN2C(=O)CNC(=O)C(C)NC(=O)C(Cc2ccccc2)NC1=O. The van der Waals surface area contributed by atoms with E-state index in [1.807, 2.05) is 44.2 Å². The molecule has 0 aliphatic carbocycles. The van der Waals surface area contributed by atoms with E-state index in [0.717, 1.165) is 5.56 Å². The summed E-state index contributed by atoms with van der Waals surface area (Å²) in [6.07, 6.45) is 1.97. The molecule has 10 heteroatoms. The van der Waals surface area contributed by atoms with Crippen molar-refractivity contribution < 1.29 is 24.0 Å². The first-order valence-corrected chi connectivity index (χ1v) is 12.2. The van der Waals surface area contributed by atoms with Crippen LogP contribution in [0.2, 0.25) is 0 Å². The van der Waals surface area contributed by atoms with Crippen molar-refractivity contribution >= 4 is 29.5 Å². The van der Waals surface area contributed by atoms with Gasteiger partial charge in [0.1, 0.15) is 24.2 Å². The maximum Gasteiger partial charge on any atom is 0.243 e. The zero-order chi connectivity index (χ0) is 25.5. The molecule has 3 rings (SSSR count). The van der Waals surface area contributed by atoms with E-state index >= 15 is 0 Å². The quantitative estimate of drug-likeness (QED) is 0.471. The van der Waals surface area contributed by atoms with Crippen molar-refractivity contribution in [3.63, 3.8) is 0 Å². The zero-order valence-corrected chi connectivity index (χ0v) is 20.5. The van der Waals surface area contributed by atoms with E-state index in [-0.39, 0.29) is 24.8 Å². The molecule has 0 saturated carbocycles. The van der Waals surface area contributed by atoms with Gasteiger partial charge in [-0.1, -0.05) is 50.6 Å². The molecular weight excluding hydrogens is 450 g/mol. The number of fused-ring (bicyclic) bond motifs is 1. The maximum absolute atomic E-state index is 13.4. The summed E-state index contributed by atoms with van der Waals surface area (Å²) in [4.78, 5) is 66.4. The van der Waals surface area contributed by atoms with Crippen LogP contribution in [-0.4, -0.2) is 71.7 Å². The molecule has 5 unspecified atom stereocenters. The average Bonchev–Trinajstić information content (AvgIpc) is 3.34. The van der Waals surface area contributed by atoms with Crippen LogP contribution >= 0.6 is 0 Å². The number of hydrogen-bond acceptors (Lipinski definition) is 5. The highest BCUT2D eigenvalue weighted by Crippen LogP contribution is 2.19. The number of hydrogen-bond donors (Lipinski definition) is 4. The minimum absolute atomic E-state index is 0.206. The van der Waals surface area contributed by atoms with Crippen LogP contribution in [0.25, 0.3) is 0 Å². The summed E-state index contributed by atoms with van der Waals surface area (Å²) in [5.41, 5.74) is 0.833. The monoisotopic (exact) mass is 485 g/mol. The third kappa shape index (κ3) is 6.58. The number of nitrogens with zero attached hydrogens (tertiary/aromatic N) is 1. The first-order chi connectivity index (χ1) is 16.7. The highest BCUT2D eigenvalue weighted by Gasteiger charge is 2.38. The molecule has 2 saturated heterocycles. The lowest BCUT2D eigenvalue weighted by Gasteiger charge is -2.29. The van der Waals surface area contributed by atoms with Crippen molar-refractivity contribution in [2.75, 3.05) is 13.1 Å². The Morgan fingerprint density at radius 3 is 2.34 bits per heavy atom. The van der Waals surface area contributed by atoms with Crippen molar-refractivity contribution in [2.45, 2.75) is 70.6 Å². The lowest BCUT2D eigenvalue weighted by atomic mass is 9.96. The molecule has 2 heterocycles. The summed E-state index contributed by atoms with van der Waals surface area (Å²) in [6, 6.07) is 5.76. The second-order valence-electron chi connectivity index (χ2n) is 9.32. The fraction of sp³-hybridized carbons (Fsp3) is 0.560. The highest BCUT2D eigenvalue weighted by molar-refractivity contribution is 5.97. The molecule has 0 bridgehead atoms. The fourth-order valence-corrected chi connectivity index (χ4v) is 4.41. The topological polar surface area (TPSA) is 137 Å². The van der Waals surface area contributed by atoms with Crippen LogP contribution in [0.4, 0.5) is 0 Å². The molecule has 0 radical (unpaired) electrons. The fourth-order valence-electron chi connectivity index (χ4n) is 4.41. The van der Waals surface area contributed by atoms with Crippen LogP contribution < -0.4 is 21.3 Å². The third-order valence-electron chi connectivity index (χ3n) is 6.75. The summed E-state index contributed by atoms with van der Waals surface area (Å²) < 4.78 is 0. The molecule has 0 aromatic heterocycles. The van der Waals surface area contributed by atoms with Gasteiger partial charge in [0.25, 0.3) is 0 Å². The Bertz CT molecular complexity index is 953. The van der Waals surface area contributed by atoms with Crippen LogP contribution in [0.3, 0.4) is 0 Å². The average molecular weight is 486 g/mol. The Morgan fingerprint density at radius 1 is 0.943 bits per heavy atom. The van der Waals surface area contributed by atoms with Gasteiger partial charge in [0.15, 0.2) is 0 Å². The van der Waals surface area contributed by atoms with Crippen molar-refractivity contribution in [1.82, 2.24) is 26.2 Å². The van der Waals surface area contributed by atoms with Gasteiger partial charge in [-0.3, -0.25) is 24.0 Å². The smallest absolute Gasteiger partial charge is 0.243 e. The van der Waals surface area contributed by atoms with Gasteiger partial charge in [0.2, 0.25) is 29.5 Å². The molecule has 10 nitrogen and oxygen atoms in total. The number of amides is 5. The Hall–Kier alpha value is -3.43. The molecule has 1 aromatic carbocycles. The van der Waals surface area contributed by atoms with Gasteiger partial charge < -0.3 is 26.2 Å². The van der Waals surface area contributed by atoms with Gasteiger partial charge in [0, 0.05) is 13.0 Å². The number of nitrogens with one attached hydrogen (secondary N) is 4. The Kier molecular flexibility index (Phi) is 8.84. The van der Waals surface area contributed by atoms with E-state index < -0.39 is 47.8 Å². The van der Waals surface area contributed by atoms with Gasteiger partial charge >= 0.3 is 0 Å². The molecule has 5 atom stereocenters. The minimum Gasteiger partial charge on any atom is -0.345 e. The number of carbonyl (C=O) groups excluding carboxylic acids is 5. The minimum atomic E-state index is -0.960. The van der Waals surface area contributed by atoms with Gasteiger partial charge in [0.05, 0.1) is 6.54 Å². The number of carbonyl (C=O) groups is 5. The number of benzene rings is 1. The van der Waals surface area contributed by atoms with Crippen LogP contribution in [0.15, 0.2) is 30.3 Å². The molecule has 190 valence electrons. The molecule has 35 heavy (non-hydrogen) atoms. The molecule has 2 fully saturated rings. The summed E-state index contributed by atoms with van der Waals surface area (Å²) in [5.74, 6) is -2.52. The van der Waals surface area contributed by atoms with Gasteiger partial charge in [-0.25, -0.2) is 0 Å². The van der Waals surface area contributed by atoms with E-state index in [4.69, 9.17) is 0 Å². The second kappa shape index (κ2) is 11.8. The molecule has 0 spiro atoms. The molecule has 4 N–H and O–H groups in total. The Balaban J connectivity index is 1.92. The first-order valence-electron chi connectivity index (χ1n) is 12.2. The van der Waals surface area contributed by atoms with E-state index in [1.54, 1.807) is 0 Å². The summed E-state index contributed by atoms with van der Waals surface area (Å²) in [7, 11) is 0. The van der Waals surface area contributed by atoms with Gasteiger partial charge in [-0.2, -0.15) is 0 Å². The van der Waals surface area contributed by atoms with Crippen molar-refractivity contribution in [1.29, 1.82) is 0 Å². The van der Waals surface area contributed by atoms with Crippen LogP contribution in [0.5, 0.6) is 0 Å². The van der Waals surface area contributed by atoms with E-state index in [9.17, 15) is 24.0 Å². The lowest BCUT2D eigenvalue weighted by Crippen LogP contribution is -2.59.